The van der Waals surface area contributed by atoms with Crippen LogP contribution in [0, 0.1) is 16.7 Å². The zero-order valence-electron chi connectivity index (χ0n) is 22.3. The maximum Gasteiger partial charge on any atom is 0.416 e. The van der Waals surface area contributed by atoms with E-state index in [4.69, 9.17) is 15.9 Å². The van der Waals surface area contributed by atoms with E-state index < -0.39 is 35.7 Å². The first-order valence-corrected chi connectivity index (χ1v) is 11.9. The molecule has 206 valence electrons. The van der Waals surface area contributed by atoms with Crippen molar-refractivity contribution in [2.24, 2.45) is 5.73 Å². The normalized spacial score (nSPS) is 16.3. The van der Waals surface area contributed by atoms with E-state index in [-0.39, 0.29) is 17.0 Å². The number of benzene rings is 2. The van der Waals surface area contributed by atoms with E-state index in [1.807, 2.05) is 21.1 Å². The molecule has 3 N–H and O–H groups in total. The highest BCUT2D eigenvalue weighted by Gasteiger charge is 2.44. The number of carbonyl (C=O) groups is 2. The molecule has 0 saturated heterocycles. The Bertz CT molecular complexity index is 1390. The van der Waals surface area contributed by atoms with Gasteiger partial charge in [-0.2, -0.15) is 18.4 Å². The van der Waals surface area contributed by atoms with Gasteiger partial charge in [-0.3, -0.25) is 15.2 Å². The monoisotopic (exact) mass is 543 g/mol. The molecule has 2 amide bonds. The summed E-state index contributed by atoms with van der Waals surface area (Å²) in [5.74, 6) is -1.39. The number of anilines is 1. The smallest absolute Gasteiger partial charge is 0.416 e. The van der Waals surface area contributed by atoms with E-state index in [2.05, 4.69) is 6.07 Å². The van der Waals surface area contributed by atoms with E-state index in [1.54, 1.807) is 12.1 Å². The molecule has 0 aliphatic carbocycles. The van der Waals surface area contributed by atoms with Gasteiger partial charge >= 0.3 is 18.2 Å². The van der Waals surface area contributed by atoms with Crippen LogP contribution < -0.4 is 10.6 Å². The Kier molecular flexibility index (Phi) is 8.07. The van der Waals surface area contributed by atoms with Crippen molar-refractivity contribution < 1.29 is 32.0 Å². The molecule has 2 aromatic rings. The van der Waals surface area contributed by atoms with Crippen molar-refractivity contribution in [3.8, 4) is 6.07 Å². The second-order valence-electron chi connectivity index (χ2n) is 10.1. The van der Waals surface area contributed by atoms with Gasteiger partial charge in [0.25, 0.3) is 0 Å². The minimum atomic E-state index is -4.66. The highest BCUT2D eigenvalue weighted by Crippen LogP contribution is 2.42. The Morgan fingerprint density at radius 2 is 1.85 bits per heavy atom. The molecule has 0 aromatic heterocycles. The first-order chi connectivity index (χ1) is 18.1. The molecule has 1 atom stereocenters. The van der Waals surface area contributed by atoms with Crippen LogP contribution in [-0.2, 0) is 22.1 Å². The number of nitrogens with zero attached hydrogens (tertiary/aromatic N) is 4. The molecule has 0 spiro atoms. The fraction of sp³-hybridized carbons (Fsp3) is 0.333. The average Bonchev–Trinajstić information content (AvgIpc) is 2.85. The lowest BCUT2D eigenvalue weighted by molar-refractivity contribution is -0.870. The predicted molar refractivity (Wildman–Crippen MR) is 138 cm³/mol. The van der Waals surface area contributed by atoms with E-state index >= 15 is 0 Å². The van der Waals surface area contributed by atoms with Crippen LogP contribution in [0.3, 0.4) is 0 Å². The number of urea groups is 1. The van der Waals surface area contributed by atoms with Gasteiger partial charge in [0, 0.05) is 17.8 Å². The number of amides is 2. The summed E-state index contributed by atoms with van der Waals surface area (Å²) >= 11 is 0. The molecule has 3 rings (SSSR count). The van der Waals surface area contributed by atoms with Crippen LogP contribution in [0.1, 0.15) is 35.2 Å². The summed E-state index contributed by atoms with van der Waals surface area (Å²) in [7, 11) is 7.09. The van der Waals surface area contributed by atoms with Crippen molar-refractivity contribution in [2.45, 2.75) is 25.6 Å². The van der Waals surface area contributed by atoms with E-state index in [1.165, 1.54) is 25.1 Å². The van der Waals surface area contributed by atoms with Crippen molar-refractivity contribution in [1.82, 2.24) is 4.90 Å². The summed E-state index contributed by atoms with van der Waals surface area (Å²) in [5, 5.41) is 18.4. The number of guanidine groups is 1. The van der Waals surface area contributed by atoms with Crippen molar-refractivity contribution in [3.63, 3.8) is 0 Å². The second-order valence-corrected chi connectivity index (χ2v) is 10.1. The SMILES string of the molecule is COC(=O)C1=C(C)N(c2cccc(C(F)(F)F)c2)C(=N)N(C(N)=O)[C@@H]1c1ccc(C#N)cc1CC[N+](C)(C)C. The van der Waals surface area contributed by atoms with Crippen molar-refractivity contribution in [2.75, 3.05) is 39.7 Å². The molecule has 0 radical (unpaired) electrons. The molecule has 1 heterocycles. The summed E-state index contributed by atoms with van der Waals surface area (Å²) in [6.45, 7) is 2.09. The zero-order chi connectivity index (χ0) is 29.3. The molecule has 2 aromatic carbocycles. The van der Waals surface area contributed by atoms with Crippen molar-refractivity contribution in [1.29, 1.82) is 10.7 Å². The molecular formula is C27H30F3N6O3+. The fourth-order valence-electron chi connectivity index (χ4n) is 4.48. The number of halogens is 3. The third kappa shape index (κ3) is 6.04. The number of esters is 1. The van der Waals surface area contributed by atoms with Crippen molar-refractivity contribution in [3.05, 3.63) is 76.0 Å². The molecule has 0 fully saturated rings. The molecule has 0 unspecified atom stereocenters. The number of nitrogens with two attached hydrogens (primary N) is 1. The van der Waals surface area contributed by atoms with Gasteiger partial charge in [0.1, 0.15) is 6.04 Å². The lowest BCUT2D eigenvalue weighted by Crippen LogP contribution is -2.55. The number of quaternary nitrogens is 1. The number of carbonyl (C=O) groups excluding carboxylic acids is 2. The summed E-state index contributed by atoms with van der Waals surface area (Å²) in [5.41, 5.74) is 6.12. The number of nitrogens with one attached hydrogen (secondary N) is 1. The minimum Gasteiger partial charge on any atom is -0.466 e. The van der Waals surface area contributed by atoms with Gasteiger partial charge in [0.2, 0.25) is 5.96 Å². The number of likely N-dealkylation sites (N-methyl/N-ethyl adjacent to an activating group) is 1. The van der Waals surface area contributed by atoms with Crippen LogP contribution in [0.25, 0.3) is 0 Å². The van der Waals surface area contributed by atoms with E-state index in [0.717, 1.165) is 29.0 Å². The molecule has 12 heteroatoms. The number of ether oxygens (including phenoxy) is 1. The molecule has 0 bridgehead atoms. The minimum absolute atomic E-state index is 0.0825. The first kappa shape index (κ1) is 29.2. The molecule has 1 aliphatic rings. The van der Waals surface area contributed by atoms with Gasteiger partial charge < -0.3 is 15.0 Å². The molecule has 9 nitrogen and oxygen atoms in total. The highest BCUT2D eigenvalue weighted by atomic mass is 19.4. The Balaban J connectivity index is 2.33. The van der Waals surface area contributed by atoms with Gasteiger partial charge in [0.05, 0.1) is 57.6 Å². The summed E-state index contributed by atoms with van der Waals surface area (Å²) in [4.78, 5) is 27.9. The number of primary amides is 1. The van der Waals surface area contributed by atoms with Crippen LogP contribution in [0.4, 0.5) is 23.7 Å². The van der Waals surface area contributed by atoms with Gasteiger partial charge in [-0.05, 0) is 48.4 Å². The number of hydrogen-bond donors (Lipinski definition) is 2. The maximum absolute atomic E-state index is 13.5. The number of nitriles is 1. The topological polar surface area (TPSA) is 124 Å². The van der Waals surface area contributed by atoms with Gasteiger partial charge in [-0.15, -0.1) is 0 Å². The summed E-state index contributed by atoms with van der Waals surface area (Å²) < 4.78 is 46.0. The third-order valence-electron chi connectivity index (χ3n) is 6.39. The average molecular weight is 544 g/mol. The lowest BCUT2D eigenvalue weighted by Gasteiger charge is -2.43. The largest absolute Gasteiger partial charge is 0.466 e. The third-order valence-corrected chi connectivity index (χ3v) is 6.39. The number of allylic oxidation sites excluding steroid dienone is 1. The Labute approximate surface area is 224 Å². The van der Waals surface area contributed by atoms with E-state index in [9.17, 15) is 28.0 Å². The summed E-state index contributed by atoms with van der Waals surface area (Å²) in [6, 6.07) is 8.72. The quantitative estimate of drug-likeness (QED) is 0.419. The maximum atomic E-state index is 13.5. The fourth-order valence-corrected chi connectivity index (χ4v) is 4.48. The Morgan fingerprint density at radius 3 is 2.38 bits per heavy atom. The lowest BCUT2D eigenvalue weighted by atomic mass is 9.87. The van der Waals surface area contributed by atoms with Crippen LogP contribution in [0.5, 0.6) is 0 Å². The van der Waals surface area contributed by atoms with E-state index in [0.29, 0.717) is 34.1 Å². The predicted octanol–water partition coefficient (Wildman–Crippen LogP) is 4.15. The number of hydrogen-bond acceptors (Lipinski definition) is 5. The number of rotatable bonds is 6. The number of methoxy groups -OCH3 is 1. The molecule has 39 heavy (non-hydrogen) atoms. The van der Waals surface area contributed by atoms with Crippen LogP contribution in [0.2, 0.25) is 0 Å². The molecular weight excluding hydrogens is 513 g/mol. The second kappa shape index (κ2) is 10.8. The van der Waals surface area contributed by atoms with Crippen LogP contribution in [0.15, 0.2) is 53.7 Å². The molecule has 1 aliphatic heterocycles. The van der Waals surface area contributed by atoms with Crippen LogP contribution in [-0.4, -0.2) is 62.1 Å². The molecule has 0 saturated carbocycles. The number of alkyl halides is 3. The first-order valence-electron chi connectivity index (χ1n) is 11.9. The Morgan fingerprint density at radius 1 is 1.18 bits per heavy atom. The van der Waals surface area contributed by atoms with Crippen molar-refractivity contribution >= 4 is 23.6 Å². The van der Waals surface area contributed by atoms with Crippen LogP contribution >= 0.6 is 0 Å². The zero-order valence-corrected chi connectivity index (χ0v) is 22.3. The van der Waals surface area contributed by atoms with Gasteiger partial charge in [0.15, 0.2) is 0 Å². The van der Waals surface area contributed by atoms with Gasteiger partial charge in [-0.25, -0.2) is 9.59 Å². The highest BCUT2D eigenvalue weighted by molar-refractivity contribution is 6.10. The van der Waals surface area contributed by atoms with Gasteiger partial charge in [-0.1, -0.05) is 12.1 Å². The Hall–Kier alpha value is -4.37. The standard InChI is InChI=1S/C27H29F3N6O3/c1-16-22(24(37)39-5)23(21-10-9-17(15-31)13-18(21)11-12-36(2,3)4)35(26(33)38)25(32)34(16)20-8-6-7-19(14-20)27(28,29)30/h6-10,13-14,23,32H,11-12H2,1-5H3,(H-,33,38)/p+1/t23-/m1/s1. The summed E-state index contributed by atoms with van der Waals surface area (Å²) in [6.07, 6.45) is -4.21.